The van der Waals surface area contributed by atoms with Gasteiger partial charge in [0.1, 0.15) is 0 Å². The van der Waals surface area contributed by atoms with Gasteiger partial charge in [0.25, 0.3) is 0 Å². The van der Waals surface area contributed by atoms with Crippen LogP contribution in [0.2, 0.25) is 0 Å². The Morgan fingerprint density at radius 1 is 1.29 bits per heavy atom. The summed E-state index contributed by atoms with van der Waals surface area (Å²) in [6.07, 6.45) is -4.45. The molecule has 0 aromatic heterocycles. The summed E-state index contributed by atoms with van der Waals surface area (Å²) < 4.78 is 43.9. The SMILES string of the molecule is COCC(C)(C)C(=O)N[C@@H](C)c1ccccc1C(F)(F)F. The van der Waals surface area contributed by atoms with Crippen molar-refractivity contribution in [2.45, 2.75) is 33.0 Å². The number of ether oxygens (including phenoxy) is 1. The smallest absolute Gasteiger partial charge is 0.384 e. The molecular weight excluding hydrogens is 283 g/mol. The summed E-state index contributed by atoms with van der Waals surface area (Å²) in [7, 11) is 1.47. The Morgan fingerprint density at radius 2 is 1.86 bits per heavy atom. The Balaban J connectivity index is 2.96. The van der Waals surface area contributed by atoms with Crippen molar-refractivity contribution in [1.29, 1.82) is 0 Å². The Labute approximate surface area is 122 Å². The zero-order chi connectivity index (χ0) is 16.3. The van der Waals surface area contributed by atoms with Crippen LogP contribution in [-0.4, -0.2) is 19.6 Å². The fourth-order valence-corrected chi connectivity index (χ4v) is 2.03. The molecule has 1 aromatic carbocycles. The van der Waals surface area contributed by atoms with E-state index in [4.69, 9.17) is 4.74 Å². The molecule has 0 bridgehead atoms. The van der Waals surface area contributed by atoms with Gasteiger partial charge in [-0.25, -0.2) is 0 Å². The maximum atomic E-state index is 13.0. The summed E-state index contributed by atoms with van der Waals surface area (Å²) in [5.74, 6) is -0.353. The van der Waals surface area contributed by atoms with Gasteiger partial charge >= 0.3 is 6.18 Å². The second-order valence-electron chi connectivity index (χ2n) is 5.60. The van der Waals surface area contributed by atoms with Crippen molar-refractivity contribution in [2.75, 3.05) is 13.7 Å². The van der Waals surface area contributed by atoms with Gasteiger partial charge in [0.05, 0.1) is 23.6 Å². The highest BCUT2D eigenvalue weighted by molar-refractivity contribution is 5.82. The van der Waals surface area contributed by atoms with E-state index in [0.29, 0.717) is 0 Å². The summed E-state index contributed by atoms with van der Waals surface area (Å²) in [4.78, 5) is 12.1. The van der Waals surface area contributed by atoms with Crippen molar-refractivity contribution in [3.8, 4) is 0 Å². The molecule has 118 valence electrons. The standard InChI is InChI=1S/C15H20F3NO2/c1-10(19-13(20)14(2,3)9-21-4)11-7-5-6-8-12(11)15(16,17)18/h5-8,10H,9H2,1-4H3,(H,19,20)/t10-/m0/s1. The molecule has 0 aliphatic rings. The van der Waals surface area contributed by atoms with Crippen molar-refractivity contribution in [1.82, 2.24) is 5.32 Å². The first-order chi connectivity index (χ1) is 9.59. The highest BCUT2D eigenvalue weighted by Crippen LogP contribution is 2.34. The number of hydrogen-bond donors (Lipinski definition) is 1. The second kappa shape index (κ2) is 6.47. The molecule has 0 fully saturated rings. The Morgan fingerprint density at radius 3 is 2.38 bits per heavy atom. The highest BCUT2D eigenvalue weighted by Gasteiger charge is 2.35. The predicted molar refractivity (Wildman–Crippen MR) is 73.7 cm³/mol. The predicted octanol–water partition coefficient (Wildman–Crippen LogP) is 3.56. The lowest BCUT2D eigenvalue weighted by molar-refractivity contribution is -0.139. The lowest BCUT2D eigenvalue weighted by Crippen LogP contribution is -2.41. The molecule has 0 spiro atoms. The minimum Gasteiger partial charge on any atom is -0.384 e. The van der Waals surface area contributed by atoms with Crippen molar-refractivity contribution in [3.05, 3.63) is 35.4 Å². The molecule has 1 rings (SSSR count). The lowest BCUT2D eigenvalue weighted by Gasteiger charge is -2.26. The molecule has 0 saturated carbocycles. The molecular formula is C15H20F3NO2. The maximum Gasteiger partial charge on any atom is 0.416 e. The number of halogens is 3. The first-order valence-electron chi connectivity index (χ1n) is 6.55. The van der Waals surface area contributed by atoms with Crippen LogP contribution in [0, 0.1) is 5.41 Å². The third-order valence-electron chi connectivity index (χ3n) is 3.20. The third-order valence-corrected chi connectivity index (χ3v) is 3.20. The number of methoxy groups -OCH3 is 1. The van der Waals surface area contributed by atoms with Gasteiger partial charge < -0.3 is 10.1 Å². The van der Waals surface area contributed by atoms with Crippen LogP contribution in [0.3, 0.4) is 0 Å². The van der Waals surface area contributed by atoms with Gasteiger partial charge in [0.15, 0.2) is 0 Å². The molecule has 21 heavy (non-hydrogen) atoms. The van der Waals surface area contributed by atoms with Crippen LogP contribution in [0.25, 0.3) is 0 Å². The zero-order valence-corrected chi connectivity index (χ0v) is 12.5. The molecule has 1 amide bonds. The van der Waals surface area contributed by atoms with E-state index in [1.54, 1.807) is 13.8 Å². The van der Waals surface area contributed by atoms with Gasteiger partial charge in [-0.1, -0.05) is 18.2 Å². The first-order valence-corrected chi connectivity index (χ1v) is 6.55. The van der Waals surface area contributed by atoms with Gasteiger partial charge in [0, 0.05) is 7.11 Å². The quantitative estimate of drug-likeness (QED) is 0.903. The van der Waals surface area contributed by atoms with Crippen LogP contribution in [0.1, 0.15) is 37.9 Å². The van der Waals surface area contributed by atoms with E-state index in [1.165, 1.54) is 32.2 Å². The lowest BCUT2D eigenvalue weighted by atomic mass is 9.92. The van der Waals surface area contributed by atoms with Gasteiger partial charge in [-0.15, -0.1) is 0 Å². The zero-order valence-electron chi connectivity index (χ0n) is 12.5. The molecule has 1 aromatic rings. The molecule has 3 nitrogen and oxygen atoms in total. The molecule has 6 heteroatoms. The van der Waals surface area contributed by atoms with Crippen LogP contribution in [0.4, 0.5) is 13.2 Å². The van der Waals surface area contributed by atoms with E-state index in [2.05, 4.69) is 5.32 Å². The van der Waals surface area contributed by atoms with Crippen molar-refractivity contribution >= 4 is 5.91 Å². The number of alkyl halides is 3. The Bertz CT molecular complexity index is 498. The monoisotopic (exact) mass is 303 g/mol. The fourth-order valence-electron chi connectivity index (χ4n) is 2.03. The van der Waals surface area contributed by atoms with Crippen molar-refractivity contribution in [3.63, 3.8) is 0 Å². The second-order valence-corrected chi connectivity index (χ2v) is 5.60. The largest absolute Gasteiger partial charge is 0.416 e. The van der Waals surface area contributed by atoms with E-state index < -0.39 is 23.2 Å². The Kier molecular flexibility index (Phi) is 5.39. The number of carbonyl (C=O) groups is 1. The summed E-state index contributed by atoms with van der Waals surface area (Å²) in [5, 5.41) is 2.61. The van der Waals surface area contributed by atoms with Crippen LogP contribution in [0.5, 0.6) is 0 Å². The number of hydrogen-bond acceptors (Lipinski definition) is 2. The summed E-state index contributed by atoms with van der Waals surface area (Å²) in [6.45, 7) is 5.07. The fraction of sp³-hybridized carbons (Fsp3) is 0.533. The summed E-state index contributed by atoms with van der Waals surface area (Å²) >= 11 is 0. The Hall–Kier alpha value is -1.56. The van der Waals surface area contributed by atoms with E-state index in [1.807, 2.05) is 0 Å². The molecule has 1 atom stereocenters. The minimum absolute atomic E-state index is 0.0477. The number of benzene rings is 1. The first kappa shape index (κ1) is 17.5. The molecule has 0 aliphatic heterocycles. The molecule has 0 radical (unpaired) electrons. The molecule has 1 N–H and O–H groups in total. The third kappa shape index (κ3) is 4.46. The van der Waals surface area contributed by atoms with Gasteiger partial charge in [-0.05, 0) is 32.4 Å². The highest BCUT2D eigenvalue weighted by atomic mass is 19.4. The van der Waals surface area contributed by atoms with E-state index in [0.717, 1.165) is 6.07 Å². The molecule has 0 heterocycles. The van der Waals surface area contributed by atoms with Crippen LogP contribution in [0.15, 0.2) is 24.3 Å². The van der Waals surface area contributed by atoms with Gasteiger partial charge in [-0.3, -0.25) is 4.79 Å². The average Bonchev–Trinajstić information content (AvgIpc) is 2.37. The molecule has 0 unspecified atom stereocenters. The number of nitrogens with one attached hydrogen (secondary N) is 1. The summed E-state index contributed by atoms with van der Waals surface area (Å²) in [6, 6.07) is 4.49. The van der Waals surface area contributed by atoms with Crippen LogP contribution >= 0.6 is 0 Å². The number of amides is 1. The minimum atomic E-state index is -4.45. The van der Waals surface area contributed by atoms with Gasteiger partial charge in [0.2, 0.25) is 5.91 Å². The van der Waals surface area contributed by atoms with E-state index in [-0.39, 0.29) is 18.1 Å². The topological polar surface area (TPSA) is 38.3 Å². The maximum absolute atomic E-state index is 13.0. The molecule has 0 saturated heterocycles. The normalized spacial score (nSPS) is 13.9. The van der Waals surface area contributed by atoms with Gasteiger partial charge in [-0.2, -0.15) is 13.2 Å². The summed E-state index contributed by atoms with van der Waals surface area (Å²) in [5.41, 5.74) is -1.50. The van der Waals surface area contributed by atoms with Crippen LogP contribution < -0.4 is 5.32 Å². The average molecular weight is 303 g/mol. The van der Waals surface area contributed by atoms with Crippen molar-refractivity contribution in [2.24, 2.45) is 5.41 Å². The number of rotatable bonds is 5. The van der Waals surface area contributed by atoms with Crippen LogP contribution in [-0.2, 0) is 15.7 Å². The van der Waals surface area contributed by atoms with E-state index in [9.17, 15) is 18.0 Å². The molecule has 0 aliphatic carbocycles. The van der Waals surface area contributed by atoms with Crippen molar-refractivity contribution < 1.29 is 22.7 Å². The van der Waals surface area contributed by atoms with E-state index >= 15 is 0 Å². The number of carbonyl (C=O) groups excluding carboxylic acids is 1.